The summed E-state index contributed by atoms with van der Waals surface area (Å²) < 4.78 is 1.07. The quantitative estimate of drug-likeness (QED) is 0.271. The number of carbonyl (C=O) groups is 1. The molecule has 0 bridgehead atoms. The highest BCUT2D eigenvalue weighted by Gasteiger charge is 2.25. The first-order valence-corrected chi connectivity index (χ1v) is 11.5. The molecule has 0 aliphatic heterocycles. The van der Waals surface area contributed by atoms with Crippen molar-refractivity contribution < 1.29 is 4.79 Å². The number of thiophene rings is 1. The smallest absolute Gasteiger partial charge is 0.205 e. The van der Waals surface area contributed by atoms with Crippen LogP contribution in [0.5, 0.6) is 0 Å². The number of nitrogen functional groups attached to an aromatic ring is 1. The Hall–Kier alpha value is -3.19. The molecule has 0 unspecified atom stereocenters. The maximum atomic E-state index is 13.2. The number of anilines is 3. The summed E-state index contributed by atoms with van der Waals surface area (Å²) in [5, 5.41) is 5.61. The number of ketones is 1. The van der Waals surface area contributed by atoms with Crippen LogP contribution in [0.25, 0.3) is 20.8 Å². The molecule has 0 saturated carbocycles. The number of carbonyl (C=O) groups excluding carboxylic acids is 1. The molecule has 152 valence electrons. The van der Waals surface area contributed by atoms with Crippen LogP contribution in [0, 0.1) is 0 Å². The highest BCUT2D eigenvalue weighted by molar-refractivity contribution is 7.23. The predicted molar refractivity (Wildman–Crippen MR) is 132 cm³/mol. The Morgan fingerprint density at radius 3 is 2.35 bits per heavy atom. The number of nitrogens with zero attached hydrogens (tertiary/aromatic N) is 1. The van der Waals surface area contributed by atoms with Crippen molar-refractivity contribution in [1.29, 1.82) is 0 Å². The Balaban J connectivity index is 1.65. The topological polar surface area (TPSA) is 68.0 Å². The highest BCUT2D eigenvalue weighted by Crippen LogP contribution is 2.47. The summed E-state index contributed by atoms with van der Waals surface area (Å²) in [5.41, 5.74) is 10.1. The lowest BCUT2D eigenvalue weighted by Crippen LogP contribution is -2.02. The maximum Gasteiger partial charge on any atom is 0.205 e. The highest BCUT2D eigenvalue weighted by atomic mass is 35.5. The Morgan fingerprint density at radius 1 is 0.903 bits per heavy atom. The summed E-state index contributed by atoms with van der Waals surface area (Å²) in [4.78, 5) is 18.5. The Bertz CT molecular complexity index is 1360. The minimum Gasteiger partial charge on any atom is -0.397 e. The summed E-state index contributed by atoms with van der Waals surface area (Å²) in [6.45, 7) is 0. The number of thiazole rings is 1. The minimum atomic E-state index is -0.102. The minimum absolute atomic E-state index is 0.102. The summed E-state index contributed by atoms with van der Waals surface area (Å²) in [6, 6.07) is 24.5. The van der Waals surface area contributed by atoms with Gasteiger partial charge in [0.1, 0.15) is 14.9 Å². The summed E-state index contributed by atoms with van der Waals surface area (Å²) in [7, 11) is 0. The van der Waals surface area contributed by atoms with E-state index in [9.17, 15) is 4.79 Å². The molecule has 3 N–H and O–H groups in total. The van der Waals surface area contributed by atoms with Gasteiger partial charge < -0.3 is 11.1 Å². The van der Waals surface area contributed by atoms with Gasteiger partial charge >= 0.3 is 0 Å². The molecule has 5 aromatic rings. The lowest BCUT2D eigenvalue weighted by Gasteiger charge is -2.06. The van der Waals surface area contributed by atoms with Crippen molar-refractivity contribution >= 4 is 66.7 Å². The van der Waals surface area contributed by atoms with Crippen LogP contribution in [-0.4, -0.2) is 10.8 Å². The summed E-state index contributed by atoms with van der Waals surface area (Å²) >= 11 is 8.92. The van der Waals surface area contributed by atoms with Crippen LogP contribution in [0.15, 0.2) is 78.9 Å². The normalized spacial score (nSPS) is 11.0. The third-order valence-corrected chi connectivity index (χ3v) is 7.22. The molecule has 0 aliphatic carbocycles. The molecule has 3 aromatic carbocycles. The van der Waals surface area contributed by atoms with Crippen LogP contribution in [0.3, 0.4) is 0 Å². The number of nitrogens with two attached hydrogens (primary N) is 1. The average Bonchev–Trinajstić information content (AvgIpc) is 3.36. The van der Waals surface area contributed by atoms with E-state index in [1.165, 1.54) is 11.3 Å². The van der Waals surface area contributed by atoms with E-state index in [-0.39, 0.29) is 5.78 Å². The number of nitrogens with one attached hydrogen (secondary N) is 1. The molecule has 0 saturated heterocycles. The fraction of sp³-hybridized carbons (Fsp3) is 0. The zero-order valence-corrected chi connectivity index (χ0v) is 18.5. The van der Waals surface area contributed by atoms with Crippen LogP contribution in [0.4, 0.5) is 16.4 Å². The number of hydrogen-bond donors (Lipinski definition) is 2. The molecule has 7 heteroatoms. The van der Waals surface area contributed by atoms with E-state index in [1.54, 1.807) is 23.5 Å². The van der Waals surface area contributed by atoms with Gasteiger partial charge in [-0.25, -0.2) is 4.98 Å². The van der Waals surface area contributed by atoms with Crippen molar-refractivity contribution in [2.75, 3.05) is 11.1 Å². The van der Waals surface area contributed by atoms with E-state index >= 15 is 0 Å². The van der Waals surface area contributed by atoms with E-state index in [0.29, 0.717) is 21.2 Å². The Morgan fingerprint density at radius 2 is 1.61 bits per heavy atom. The maximum absolute atomic E-state index is 13.2. The monoisotopic (exact) mass is 461 g/mol. The fourth-order valence-electron chi connectivity index (χ4n) is 3.28. The van der Waals surface area contributed by atoms with Gasteiger partial charge in [-0.15, -0.1) is 22.7 Å². The molecule has 0 aliphatic rings. The Kier molecular flexibility index (Phi) is 5.19. The molecule has 2 aromatic heterocycles. The van der Waals surface area contributed by atoms with Crippen molar-refractivity contribution in [3.63, 3.8) is 0 Å². The zero-order valence-electron chi connectivity index (χ0n) is 16.1. The average molecular weight is 462 g/mol. The van der Waals surface area contributed by atoms with Gasteiger partial charge in [0.15, 0.2) is 0 Å². The molecule has 5 rings (SSSR count). The molecular weight excluding hydrogens is 446 g/mol. The third-order valence-electron chi connectivity index (χ3n) is 4.80. The van der Waals surface area contributed by atoms with Gasteiger partial charge in [-0.2, -0.15) is 0 Å². The molecule has 0 atom stereocenters. The second kappa shape index (κ2) is 8.15. The van der Waals surface area contributed by atoms with Crippen LogP contribution in [-0.2, 0) is 0 Å². The molecule has 2 heterocycles. The van der Waals surface area contributed by atoms with E-state index in [2.05, 4.69) is 5.32 Å². The van der Waals surface area contributed by atoms with Crippen LogP contribution in [0.2, 0.25) is 5.02 Å². The summed E-state index contributed by atoms with van der Waals surface area (Å²) in [6.07, 6.45) is 0. The van der Waals surface area contributed by atoms with Crippen molar-refractivity contribution in [1.82, 2.24) is 4.98 Å². The first-order chi connectivity index (χ1) is 15.1. The molecule has 0 radical (unpaired) electrons. The second-order valence-corrected chi connectivity index (χ2v) is 9.35. The lowest BCUT2D eigenvalue weighted by atomic mass is 10.1. The molecule has 0 amide bonds. The standard InChI is InChI=1S/C24H16ClN3OS2/c25-15-10-12-16(13-11-15)27-23-19(24-28-17-8-4-5-9-18(17)30-24)20(26)22(31-23)21(29)14-6-2-1-3-7-14/h1-13,27H,26H2. The van der Waals surface area contributed by atoms with E-state index in [4.69, 9.17) is 22.3 Å². The number of para-hydroxylation sites is 1. The van der Waals surface area contributed by atoms with Crippen molar-refractivity contribution in [2.45, 2.75) is 0 Å². The van der Waals surface area contributed by atoms with E-state index in [1.807, 2.05) is 66.7 Å². The number of fused-ring (bicyclic) bond motifs is 1. The molecule has 4 nitrogen and oxygen atoms in total. The van der Waals surface area contributed by atoms with Gasteiger partial charge in [-0.3, -0.25) is 4.79 Å². The largest absolute Gasteiger partial charge is 0.397 e. The van der Waals surface area contributed by atoms with Crippen molar-refractivity contribution in [2.24, 2.45) is 0 Å². The molecule has 0 fully saturated rings. The van der Waals surface area contributed by atoms with Gasteiger partial charge in [0, 0.05) is 16.3 Å². The SMILES string of the molecule is Nc1c(C(=O)c2ccccc2)sc(Nc2ccc(Cl)cc2)c1-c1nc2ccccc2s1. The van der Waals surface area contributed by atoms with Crippen molar-refractivity contribution in [3.8, 4) is 10.6 Å². The fourth-order valence-corrected chi connectivity index (χ4v) is 5.60. The van der Waals surface area contributed by atoms with Gasteiger partial charge in [0.25, 0.3) is 0 Å². The Labute approximate surface area is 192 Å². The second-order valence-electron chi connectivity index (χ2n) is 6.86. The van der Waals surface area contributed by atoms with Gasteiger partial charge in [0.2, 0.25) is 5.78 Å². The van der Waals surface area contributed by atoms with E-state index < -0.39 is 0 Å². The van der Waals surface area contributed by atoms with E-state index in [0.717, 1.165) is 31.5 Å². The molecular formula is C24H16ClN3OS2. The third kappa shape index (κ3) is 3.81. The number of benzene rings is 3. The first kappa shape index (κ1) is 19.8. The van der Waals surface area contributed by atoms with Crippen LogP contribution >= 0.6 is 34.3 Å². The number of aromatic nitrogens is 1. The van der Waals surface area contributed by atoms with Crippen molar-refractivity contribution in [3.05, 3.63) is 94.3 Å². The van der Waals surface area contributed by atoms with Crippen LogP contribution < -0.4 is 11.1 Å². The number of rotatable bonds is 5. The summed E-state index contributed by atoms with van der Waals surface area (Å²) in [5.74, 6) is -0.102. The number of hydrogen-bond acceptors (Lipinski definition) is 6. The predicted octanol–water partition coefficient (Wildman–Crippen LogP) is 7.24. The van der Waals surface area contributed by atoms with Gasteiger partial charge in [-0.05, 0) is 36.4 Å². The molecule has 0 spiro atoms. The zero-order chi connectivity index (χ0) is 21.4. The van der Waals surface area contributed by atoms with Gasteiger partial charge in [0.05, 0.1) is 21.5 Å². The number of halogens is 1. The lowest BCUT2D eigenvalue weighted by molar-refractivity contribution is 0.104. The molecule has 31 heavy (non-hydrogen) atoms. The first-order valence-electron chi connectivity index (χ1n) is 9.50. The van der Waals surface area contributed by atoms with Gasteiger partial charge in [-0.1, -0.05) is 54.1 Å². The van der Waals surface area contributed by atoms with Crippen LogP contribution in [0.1, 0.15) is 15.2 Å².